The van der Waals surface area contributed by atoms with Gasteiger partial charge in [-0.2, -0.15) is 0 Å². The Morgan fingerprint density at radius 1 is 1.21 bits per heavy atom. The number of hydrogen-bond acceptors (Lipinski definition) is 9. The summed E-state index contributed by atoms with van der Waals surface area (Å²) in [5.41, 5.74) is 0. The molecule has 3 fully saturated rings. The first-order valence-electron chi connectivity index (χ1n) is 10.4. The summed E-state index contributed by atoms with van der Waals surface area (Å²) >= 11 is 0. The third-order valence-electron chi connectivity index (χ3n) is 6.53. The highest BCUT2D eigenvalue weighted by atomic mass is 16.8. The third-order valence-corrected chi connectivity index (χ3v) is 6.53. The molecule has 3 aliphatic rings. The molecular formula is C20H32N2O7. The molecule has 9 heteroatoms. The van der Waals surface area contributed by atoms with E-state index >= 15 is 0 Å². The Hall–Kier alpha value is -1.04. The molecule has 164 valence electrons. The van der Waals surface area contributed by atoms with Crippen LogP contribution in [0.4, 0.5) is 0 Å². The maximum atomic E-state index is 11.5. The van der Waals surface area contributed by atoms with Crippen LogP contribution in [0.2, 0.25) is 0 Å². The zero-order valence-corrected chi connectivity index (χ0v) is 17.0. The van der Waals surface area contributed by atoms with Crippen molar-refractivity contribution in [3.63, 3.8) is 0 Å². The summed E-state index contributed by atoms with van der Waals surface area (Å²) in [7, 11) is 1.72. The molecule has 9 nitrogen and oxygen atoms in total. The van der Waals surface area contributed by atoms with Crippen LogP contribution in [0.5, 0.6) is 0 Å². The Bertz CT molecular complexity index is 674. The Balaban J connectivity index is 1.58. The zero-order chi connectivity index (χ0) is 20.8. The maximum absolute atomic E-state index is 11.5. The van der Waals surface area contributed by atoms with Gasteiger partial charge >= 0.3 is 0 Å². The van der Waals surface area contributed by atoms with Gasteiger partial charge in [0.05, 0.1) is 43.2 Å². The number of aliphatic hydroxyl groups excluding tert-OH is 2. The van der Waals surface area contributed by atoms with Crippen LogP contribution in [0.15, 0.2) is 22.8 Å². The SMILES string of the molecule is CC[C@@H]1[C@H](O)[C@H](NC)C2O[C@]3(O)C(OC2[C@H]1O)O[C@H](C)C[C@H]3NCc1ccco1. The predicted octanol–water partition coefficient (Wildman–Crippen LogP) is -0.305. The molecule has 0 bridgehead atoms. The van der Waals surface area contributed by atoms with Gasteiger partial charge in [0.15, 0.2) is 0 Å². The zero-order valence-electron chi connectivity index (χ0n) is 17.0. The van der Waals surface area contributed by atoms with Crippen LogP contribution in [0.25, 0.3) is 0 Å². The number of ether oxygens (including phenoxy) is 3. The summed E-state index contributed by atoms with van der Waals surface area (Å²) in [6, 6.07) is 2.67. The van der Waals surface area contributed by atoms with Crippen molar-refractivity contribution in [2.45, 2.75) is 87.9 Å². The summed E-state index contributed by atoms with van der Waals surface area (Å²) in [6.45, 7) is 4.23. The van der Waals surface area contributed by atoms with E-state index in [1.165, 1.54) is 0 Å². The first kappa shape index (κ1) is 21.2. The fourth-order valence-electron chi connectivity index (χ4n) is 4.94. The highest BCUT2D eigenvalue weighted by molar-refractivity contribution is 5.08. The van der Waals surface area contributed by atoms with Gasteiger partial charge in [-0.3, -0.25) is 0 Å². The van der Waals surface area contributed by atoms with E-state index in [-0.39, 0.29) is 12.0 Å². The highest BCUT2D eigenvalue weighted by Gasteiger charge is 2.63. The molecule has 29 heavy (non-hydrogen) atoms. The van der Waals surface area contributed by atoms with Gasteiger partial charge in [-0.15, -0.1) is 0 Å². The van der Waals surface area contributed by atoms with Gasteiger partial charge in [0.2, 0.25) is 12.1 Å². The molecule has 1 aliphatic carbocycles. The lowest BCUT2D eigenvalue weighted by atomic mass is 9.74. The molecule has 0 amide bonds. The lowest BCUT2D eigenvalue weighted by molar-refractivity contribution is -0.451. The van der Waals surface area contributed by atoms with Crippen molar-refractivity contribution in [2.24, 2.45) is 5.92 Å². The van der Waals surface area contributed by atoms with E-state index in [4.69, 9.17) is 18.6 Å². The summed E-state index contributed by atoms with van der Waals surface area (Å²) < 4.78 is 23.5. The Labute approximate surface area is 170 Å². The van der Waals surface area contributed by atoms with Gasteiger partial charge in [-0.1, -0.05) is 6.92 Å². The number of nitrogens with one attached hydrogen (secondary N) is 2. The minimum absolute atomic E-state index is 0.178. The normalized spacial score (nSPS) is 47.4. The Morgan fingerprint density at radius 3 is 2.66 bits per heavy atom. The van der Waals surface area contributed by atoms with Crippen molar-refractivity contribution < 1.29 is 33.9 Å². The highest BCUT2D eigenvalue weighted by Crippen LogP contribution is 2.43. The van der Waals surface area contributed by atoms with E-state index < -0.39 is 48.6 Å². The summed E-state index contributed by atoms with van der Waals surface area (Å²) in [5, 5.41) is 39.4. The standard InChI is InChI=1S/C20H32N2O7/c1-4-12-15(23)14(21-3)17-18(16(12)24)28-19-20(25,29-17)13(8-10(2)27-19)22-9-11-6-5-7-26-11/h5-7,10,12-19,21-25H,4,8-9H2,1-3H3/t10-,12-,13-,14+,15+,16+,17?,18?,19?,20+/m1/s1. The van der Waals surface area contributed by atoms with E-state index in [0.29, 0.717) is 19.4 Å². The van der Waals surface area contributed by atoms with Crippen LogP contribution in [0.3, 0.4) is 0 Å². The summed E-state index contributed by atoms with van der Waals surface area (Å²) in [6.07, 6.45) is -1.76. The van der Waals surface area contributed by atoms with Crippen LogP contribution in [-0.4, -0.2) is 77.0 Å². The van der Waals surface area contributed by atoms with E-state index in [1.54, 1.807) is 19.4 Å². The fraction of sp³-hybridized carbons (Fsp3) is 0.800. The van der Waals surface area contributed by atoms with Crippen molar-refractivity contribution >= 4 is 0 Å². The quantitative estimate of drug-likeness (QED) is 0.443. The summed E-state index contributed by atoms with van der Waals surface area (Å²) in [5.74, 6) is -1.40. The number of rotatable bonds is 5. The lowest BCUT2D eigenvalue weighted by Crippen LogP contribution is -2.77. The second kappa shape index (κ2) is 8.24. The Kier molecular flexibility index (Phi) is 6.02. The van der Waals surface area contributed by atoms with Crippen molar-refractivity contribution in [3.8, 4) is 0 Å². The van der Waals surface area contributed by atoms with Gasteiger partial charge in [0, 0.05) is 5.92 Å². The molecule has 4 rings (SSSR count). The van der Waals surface area contributed by atoms with Gasteiger partial charge in [-0.05, 0) is 38.9 Å². The average molecular weight is 412 g/mol. The molecule has 10 atom stereocenters. The second-order valence-electron chi connectivity index (χ2n) is 8.33. The molecule has 1 aromatic heterocycles. The largest absolute Gasteiger partial charge is 0.468 e. The first-order chi connectivity index (χ1) is 13.9. The Morgan fingerprint density at radius 2 is 2.00 bits per heavy atom. The lowest BCUT2D eigenvalue weighted by Gasteiger charge is -2.58. The molecule has 5 N–H and O–H groups in total. The van der Waals surface area contributed by atoms with E-state index in [9.17, 15) is 15.3 Å². The van der Waals surface area contributed by atoms with Crippen LogP contribution in [0.1, 0.15) is 32.4 Å². The first-order valence-corrected chi connectivity index (χ1v) is 10.4. The molecule has 0 aromatic carbocycles. The molecule has 0 spiro atoms. The second-order valence-corrected chi connectivity index (χ2v) is 8.33. The van der Waals surface area contributed by atoms with Gasteiger partial charge in [0.25, 0.3) is 0 Å². The van der Waals surface area contributed by atoms with Crippen LogP contribution >= 0.6 is 0 Å². The molecular weight excluding hydrogens is 380 g/mol. The van der Waals surface area contributed by atoms with Crippen LogP contribution in [-0.2, 0) is 20.8 Å². The van der Waals surface area contributed by atoms with Crippen molar-refractivity contribution in [3.05, 3.63) is 24.2 Å². The van der Waals surface area contributed by atoms with Crippen molar-refractivity contribution in [1.82, 2.24) is 10.6 Å². The van der Waals surface area contributed by atoms with Gasteiger partial charge in [0.1, 0.15) is 18.0 Å². The maximum Gasteiger partial charge on any atom is 0.234 e. The molecule has 1 aromatic rings. The predicted molar refractivity (Wildman–Crippen MR) is 102 cm³/mol. The van der Waals surface area contributed by atoms with E-state index in [0.717, 1.165) is 5.76 Å². The van der Waals surface area contributed by atoms with Crippen LogP contribution < -0.4 is 10.6 Å². The minimum atomic E-state index is -1.77. The number of furan rings is 1. The monoisotopic (exact) mass is 412 g/mol. The minimum Gasteiger partial charge on any atom is -0.468 e. The summed E-state index contributed by atoms with van der Waals surface area (Å²) in [4.78, 5) is 0. The molecule has 3 heterocycles. The topological polar surface area (TPSA) is 126 Å². The molecule has 3 unspecified atom stereocenters. The van der Waals surface area contributed by atoms with E-state index in [1.807, 2.05) is 19.9 Å². The number of likely N-dealkylation sites (N-methyl/N-ethyl adjacent to an activating group) is 1. The molecule has 2 aliphatic heterocycles. The molecule has 2 saturated heterocycles. The number of aliphatic hydroxyl groups is 3. The fourth-order valence-corrected chi connectivity index (χ4v) is 4.94. The van der Waals surface area contributed by atoms with Gasteiger partial charge in [-0.25, -0.2) is 0 Å². The molecule has 1 saturated carbocycles. The van der Waals surface area contributed by atoms with Gasteiger partial charge < -0.3 is 44.6 Å². The van der Waals surface area contributed by atoms with Crippen LogP contribution in [0, 0.1) is 5.92 Å². The number of fused-ring (bicyclic) bond motifs is 2. The number of hydrogen-bond donors (Lipinski definition) is 5. The van der Waals surface area contributed by atoms with E-state index in [2.05, 4.69) is 10.6 Å². The average Bonchev–Trinajstić information content (AvgIpc) is 3.20. The smallest absolute Gasteiger partial charge is 0.234 e. The van der Waals surface area contributed by atoms with Crippen molar-refractivity contribution in [1.29, 1.82) is 0 Å². The molecule has 0 radical (unpaired) electrons. The third kappa shape index (κ3) is 3.64. The van der Waals surface area contributed by atoms with Crippen molar-refractivity contribution in [2.75, 3.05) is 7.05 Å².